The van der Waals surface area contributed by atoms with Crippen LogP contribution in [0.1, 0.15) is 15.2 Å². The van der Waals surface area contributed by atoms with Crippen LogP contribution in [0, 0.1) is 20.2 Å². The van der Waals surface area contributed by atoms with Gasteiger partial charge in [0.2, 0.25) is 5.75 Å². The highest BCUT2D eigenvalue weighted by atomic mass is 32.1. The third-order valence-corrected chi connectivity index (χ3v) is 4.75. The van der Waals surface area contributed by atoms with Crippen molar-refractivity contribution in [1.29, 1.82) is 0 Å². The molecule has 0 atom stereocenters. The van der Waals surface area contributed by atoms with Gasteiger partial charge in [0, 0.05) is 6.07 Å². The average Bonchev–Trinajstić information content (AvgIpc) is 3.29. The fraction of sp³-hybridized carbons (Fsp3) is 0.0526. The van der Waals surface area contributed by atoms with E-state index in [4.69, 9.17) is 9.47 Å². The number of non-ortho nitro benzene ring substituents is 1. The van der Waals surface area contributed by atoms with Gasteiger partial charge in [0.25, 0.3) is 11.6 Å². The number of nitrogens with one attached hydrogen (secondary N) is 1. The smallest absolute Gasteiger partial charge is 0.318 e. The molecular weight excluding hydrogens is 428 g/mol. The maximum atomic E-state index is 11.9. The molecule has 1 N–H and O–H groups in total. The first-order valence-corrected chi connectivity index (χ1v) is 9.42. The summed E-state index contributed by atoms with van der Waals surface area (Å²) in [6.45, 7) is 0. The Labute approximate surface area is 178 Å². The molecule has 0 aliphatic rings. The Balaban J connectivity index is 1.79. The van der Waals surface area contributed by atoms with E-state index in [0.717, 1.165) is 18.2 Å². The molecule has 0 spiro atoms. The molecule has 0 fully saturated rings. The summed E-state index contributed by atoms with van der Waals surface area (Å²) in [5.41, 5.74) is 1.98. The maximum Gasteiger partial charge on any atom is 0.318 e. The zero-order valence-electron chi connectivity index (χ0n) is 15.9. The second-order valence-corrected chi connectivity index (χ2v) is 6.80. The van der Waals surface area contributed by atoms with Crippen LogP contribution in [0.4, 0.5) is 11.4 Å². The molecule has 158 valence electrons. The van der Waals surface area contributed by atoms with Gasteiger partial charge in [-0.05, 0) is 41.3 Å². The third kappa shape index (κ3) is 5.19. The van der Waals surface area contributed by atoms with Crippen LogP contribution in [-0.4, -0.2) is 29.1 Å². The first-order chi connectivity index (χ1) is 14.9. The number of amides is 1. The van der Waals surface area contributed by atoms with Gasteiger partial charge in [-0.3, -0.25) is 25.0 Å². The van der Waals surface area contributed by atoms with E-state index < -0.39 is 21.2 Å². The number of ether oxygens (including phenoxy) is 2. The van der Waals surface area contributed by atoms with Gasteiger partial charge in [0.05, 0.1) is 34.1 Å². The second-order valence-electron chi connectivity index (χ2n) is 5.86. The van der Waals surface area contributed by atoms with E-state index >= 15 is 0 Å². The molecule has 0 radical (unpaired) electrons. The second kappa shape index (κ2) is 9.45. The molecule has 1 amide bonds. The van der Waals surface area contributed by atoms with Crippen molar-refractivity contribution in [3.8, 4) is 17.2 Å². The highest BCUT2D eigenvalue weighted by Gasteiger charge is 2.22. The highest BCUT2D eigenvalue weighted by Crippen LogP contribution is 2.38. The fourth-order valence-electron chi connectivity index (χ4n) is 2.44. The van der Waals surface area contributed by atoms with E-state index in [9.17, 15) is 25.0 Å². The molecule has 31 heavy (non-hydrogen) atoms. The van der Waals surface area contributed by atoms with Crippen molar-refractivity contribution < 1.29 is 24.1 Å². The summed E-state index contributed by atoms with van der Waals surface area (Å²) < 4.78 is 10.8. The molecule has 3 rings (SSSR count). The summed E-state index contributed by atoms with van der Waals surface area (Å²) in [6, 6.07) is 11.1. The number of rotatable bonds is 8. The van der Waals surface area contributed by atoms with E-state index in [-0.39, 0.29) is 23.2 Å². The number of hydrazone groups is 1. The molecule has 0 aliphatic heterocycles. The molecule has 1 heterocycles. The van der Waals surface area contributed by atoms with Gasteiger partial charge in [0.1, 0.15) is 0 Å². The highest BCUT2D eigenvalue weighted by molar-refractivity contribution is 7.12. The Hall–Kier alpha value is -4.32. The Morgan fingerprint density at radius 2 is 1.84 bits per heavy atom. The quantitative estimate of drug-likeness (QED) is 0.313. The van der Waals surface area contributed by atoms with E-state index in [1.54, 1.807) is 29.6 Å². The van der Waals surface area contributed by atoms with Crippen LogP contribution in [0.2, 0.25) is 0 Å². The van der Waals surface area contributed by atoms with Crippen molar-refractivity contribution in [2.24, 2.45) is 5.10 Å². The van der Waals surface area contributed by atoms with Gasteiger partial charge in [0.15, 0.2) is 11.5 Å². The number of thiophene rings is 1. The van der Waals surface area contributed by atoms with Crippen LogP contribution in [0.5, 0.6) is 17.2 Å². The molecule has 0 unspecified atom stereocenters. The summed E-state index contributed by atoms with van der Waals surface area (Å²) in [5, 5.41) is 27.8. The van der Waals surface area contributed by atoms with Crippen LogP contribution in [-0.2, 0) is 0 Å². The van der Waals surface area contributed by atoms with E-state index in [0.29, 0.717) is 10.4 Å². The van der Waals surface area contributed by atoms with Crippen molar-refractivity contribution in [2.75, 3.05) is 7.11 Å². The van der Waals surface area contributed by atoms with Gasteiger partial charge in [-0.15, -0.1) is 11.3 Å². The molecule has 11 nitrogen and oxygen atoms in total. The van der Waals surface area contributed by atoms with E-state index in [1.807, 2.05) is 0 Å². The SMILES string of the molecule is COc1cc(/C=N/NC(=O)c2cccs2)ccc1Oc1ccc([N+](=O)[O-])cc1[N+](=O)[O-]. The van der Waals surface area contributed by atoms with Crippen molar-refractivity contribution >= 4 is 34.8 Å². The molecule has 0 bridgehead atoms. The lowest BCUT2D eigenvalue weighted by Crippen LogP contribution is -2.16. The largest absolute Gasteiger partial charge is 0.493 e. The molecule has 12 heteroatoms. The van der Waals surface area contributed by atoms with Crippen LogP contribution in [0.25, 0.3) is 0 Å². The van der Waals surface area contributed by atoms with Crippen molar-refractivity contribution in [2.45, 2.75) is 0 Å². The third-order valence-electron chi connectivity index (χ3n) is 3.88. The van der Waals surface area contributed by atoms with Gasteiger partial charge < -0.3 is 9.47 Å². The summed E-state index contributed by atoms with van der Waals surface area (Å²) >= 11 is 1.28. The Morgan fingerprint density at radius 1 is 1.06 bits per heavy atom. The summed E-state index contributed by atoms with van der Waals surface area (Å²) in [6.07, 6.45) is 1.39. The standard InChI is InChI=1S/C19H14N4O7S/c1-29-17-9-12(11-20-21-19(24)18-3-2-8-31-18)4-6-16(17)30-15-7-5-13(22(25)26)10-14(15)23(27)28/h2-11H,1H3,(H,21,24)/b20-11+. The average molecular weight is 442 g/mol. The molecule has 2 aromatic carbocycles. The van der Waals surface area contributed by atoms with E-state index in [1.165, 1.54) is 30.7 Å². The predicted octanol–water partition coefficient (Wildman–Crippen LogP) is 4.13. The zero-order valence-corrected chi connectivity index (χ0v) is 16.7. The Bertz CT molecular complexity index is 1160. The number of nitro benzene ring substituents is 2. The summed E-state index contributed by atoms with van der Waals surface area (Å²) in [5.74, 6) is -0.136. The number of methoxy groups -OCH3 is 1. The van der Waals surface area contributed by atoms with E-state index in [2.05, 4.69) is 10.5 Å². The molecule has 1 aromatic heterocycles. The van der Waals surface area contributed by atoms with Crippen molar-refractivity contribution in [1.82, 2.24) is 5.43 Å². The number of carbonyl (C=O) groups excluding carboxylic acids is 1. The van der Waals surface area contributed by atoms with Gasteiger partial charge in [-0.25, -0.2) is 5.43 Å². The van der Waals surface area contributed by atoms with Gasteiger partial charge >= 0.3 is 5.69 Å². The van der Waals surface area contributed by atoms with Crippen LogP contribution >= 0.6 is 11.3 Å². The molecular formula is C19H14N4O7S. The minimum atomic E-state index is -0.772. The number of nitrogens with zero attached hydrogens (tertiary/aromatic N) is 3. The Kier molecular flexibility index (Phi) is 6.52. The minimum absolute atomic E-state index is 0.152. The number of hydrogen-bond donors (Lipinski definition) is 1. The predicted molar refractivity (Wildman–Crippen MR) is 112 cm³/mol. The van der Waals surface area contributed by atoms with Crippen LogP contribution in [0.15, 0.2) is 59.0 Å². The lowest BCUT2D eigenvalue weighted by Gasteiger charge is -2.11. The summed E-state index contributed by atoms with van der Waals surface area (Å²) in [7, 11) is 1.38. The number of carbonyl (C=O) groups is 1. The number of benzene rings is 2. The van der Waals surface area contributed by atoms with Crippen LogP contribution < -0.4 is 14.9 Å². The summed E-state index contributed by atoms with van der Waals surface area (Å²) in [4.78, 5) is 33.0. The molecule has 3 aromatic rings. The fourth-order valence-corrected chi connectivity index (χ4v) is 3.06. The molecule has 0 aliphatic carbocycles. The Morgan fingerprint density at radius 3 is 2.48 bits per heavy atom. The van der Waals surface area contributed by atoms with Gasteiger partial charge in [-0.1, -0.05) is 6.07 Å². The zero-order chi connectivity index (χ0) is 22.4. The number of hydrogen-bond acceptors (Lipinski definition) is 9. The topological polar surface area (TPSA) is 146 Å². The van der Waals surface area contributed by atoms with Gasteiger partial charge in [-0.2, -0.15) is 5.10 Å². The number of nitro groups is 2. The van der Waals surface area contributed by atoms with Crippen molar-refractivity contribution in [3.63, 3.8) is 0 Å². The lowest BCUT2D eigenvalue weighted by molar-refractivity contribution is -0.394. The molecule has 0 saturated carbocycles. The monoisotopic (exact) mass is 442 g/mol. The van der Waals surface area contributed by atoms with Crippen molar-refractivity contribution in [3.05, 3.63) is 84.6 Å². The van der Waals surface area contributed by atoms with Crippen LogP contribution in [0.3, 0.4) is 0 Å². The maximum absolute atomic E-state index is 11.9. The first-order valence-electron chi connectivity index (χ1n) is 8.54. The lowest BCUT2D eigenvalue weighted by atomic mass is 10.2. The minimum Gasteiger partial charge on any atom is -0.493 e. The molecule has 0 saturated heterocycles. The normalized spacial score (nSPS) is 10.6. The first kappa shape index (κ1) is 21.4.